The van der Waals surface area contributed by atoms with Crippen molar-refractivity contribution < 1.29 is 27.8 Å². The summed E-state index contributed by atoms with van der Waals surface area (Å²) >= 11 is 0. The zero-order valence-electron chi connectivity index (χ0n) is 11.1. The van der Waals surface area contributed by atoms with Crippen molar-refractivity contribution in [2.24, 2.45) is 5.92 Å². The summed E-state index contributed by atoms with van der Waals surface area (Å²) in [6.07, 6.45) is -4.70. The average molecular weight is 291 g/mol. The molecule has 1 unspecified atom stereocenters. The maximum Gasteiger partial charge on any atom is 0.417 e. The van der Waals surface area contributed by atoms with Gasteiger partial charge in [-0.05, 0) is 24.1 Å². The van der Waals surface area contributed by atoms with E-state index in [1.54, 1.807) is 7.11 Å². The number of carboxylic acids is 1. The van der Waals surface area contributed by atoms with Crippen molar-refractivity contribution in [3.63, 3.8) is 0 Å². The van der Waals surface area contributed by atoms with Crippen LogP contribution in [-0.2, 0) is 10.9 Å². The van der Waals surface area contributed by atoms with Crippen molar-refractivity contribution >= 4 is 11.7 Å². The van der Waals surface area contributed by atoms with Crippen molar-refractivity contribution in [3.8, 4) is 0 Å². The fraction of sp³-hybridized carbons (Fsp3) is 0.462. The Kier molecular flexibility index (Phi) is 5.38. The number of ether oxygens (including phenoxy) is 1. The Bertz CT molecular complexity index is 474. The molecule has 0 spiro atoms. The molecule has 0 aliphatic rings. The molecule has 1 atom stereocenters. The molecular weight excluding hydrogens is 275 g/mol. The maximum atomic E-state index is 12.8. The number of benzene rings is 1. The van der Waals surface area contributed by atoms with Crippen molar-refractivity contribution in [2.75, 3.05) is 25.6 Å². The van der Waals surface area contributed by atoms with Gasteiger partial charge in [0.1, 0.15) is 0 Å². The SMILES string of the molecule is COCC(C)CNc1ccc(C(=O)O)c(C(F)(F)F)c1. The van der Waals surface area contributed by atoms with Gasteiger partial charge >= 0.3 is 12.1 Å². The summed E-state index contributed by atoms with van der Waals surface area (Å²) in [5.74, 6) is -1.48. The summed E-state index contributed by atoms with van der Waals surface area (Å²) in [5, 5.41) is 11.6. The lowest BCUT2D eigenvalue weighted by molar-refractivity contribution is -0.138. The number of halogens is 3. The van der Waals surface area contributed by atoms with Crippen LogP contribution in [0.3, 0.4) is 0 Å². The van der Waals surface area contributed by atoms with Gasteiger partial charge in [-0.15, -0.1) is 0 Å². The number of nitrogens with one attached hydrogen (secondary N) is 1. The van der Waals surface area contributed by atoms with Gasteiger partial charge < -0.3 is 15.2 Å². The molecule has 4 nitrogen and oxygen atoms in total. The van der Waals surface area contributed by atoms with Gasteiger partial charge in [-0.2, -0.15) is 13.2 Å². The first-order valence-electron chi connectivity index (χ1n) is 5.93. The number of alkyl halides is 3. The van der Waals surface area contributed by atoms with E-state index in [4.69, 9.17) is 9.84 Å². The lowest BCUT2D eigenvalue weighted by Crippen LogP contribution is -2.17. The van der Waals surface area contributed by atoms with E-state index in [9.17, 15) is 18.0 Å². The number of hydrogen-bond donors (Lipinski definition) is 2. The van der Waals surface area contributed by atoms with Gasteiger partial charge in [-0.3, -0.25) is 0 Å². The molecule has 1 aromatic carbocycles. The molecule has 112 valence electrons. The maximum absolute atomic E-state index is 12.8. The first kappa shape index (κ1) is 16.3. The molecule has 0 amide bonds. The summed E-state index contributed by atoms with van der Waals surface area (Å²) in [7, 11) is 1.54. The van der Waals surface area contributed by atoms with E-state index in [0.717, 1.165) is 12.1 Å². The second-order valence-corrected chi connectivity index (χ2v) is 4.50. The van der Waals surface area contributed by atoms with Crippen LogP contribution in [0.2, 0.25) is 0 Å². The normalized spacial score (nSPS) is 13.1. The molecule has 0 aliphatic carbocycles. The molecule has 0 aliphatic heterocycles. The topological polar surface area (TPSA) is 58.6 Å². The highest BCUT2D eigenvalue weighted by Gasteiger charge is 2.35. The Labute approximate surface area is 114 Å². The molecule has 1 aromatic rings. The van der Waals surface area contributed by atoms with Gasteiger partial charge in [0.2, 0.25) is 0 Å². The lowest BCUT2D eigenvalue weighted by atomic mass is 10.1. The van der Waals surface area contributed by atoms with Crippen LogP contribution in [-0.4, -0.2) is 31.3 Å². The van der Waals surface area contributed by atoms with Crippen molar-refractivity contribution in [3.05, 3.63) is 29.3 Å². The molecule has 7 heteroatoms. The molecule has 20 heavy (non-hydrogen) atoms. The molecule has 0 radical (unpaired) electrons. The first-order valence-corrected chi connectivity index (χ1v) is 5.93. The minimum atomic E-state index is -4.70. The summed E-state index contributed by atoms with van der Waals surface area (Å²) in [5.41, 5.74) is -1.69. The van der Waals surface area contributed by atoms with Gasteiger partial charge in [-0.1, -0.05) is 6.92 Å². The van der Waals surface area contributed by atoms with E-state index in [0.29, 0.717) is 13.2 Å². The first-order chi connectivity index (χ1) is 9.25. The molecule has 0 aromatic heterocycles. The predicted molar refractivity (Wildman–Crippen MR) is 67.9 cm³/mol. The number of carboxylic acid groups (broad SMARTS) is 1. The monoisotopic (exact) mass is 291 g/mol. The number of hydrogen-bond acceptors (Lipinski definition) is 3. The van der Waals surface area contributed by atoms with E-state index in [2.05, 4.69) is 5.32 Å². The second kappa shape index (κ2) is 6.60. The van der Waals surface area contributed by atoms with Crippen LogP contribution < -0.4 is 5.32 Å². The quantitative estimate of drug-likeness (QED) is 0.845. The van der Waals surface area contributed by atoms with Crippen LogP contribution >= 0.6 is 0 Å². The number of aromatic carboxylic acids is 1. The van der Waals surface area contributed by atoms with Crippen LogP contribution in [0.1, 0.15) is 22.8 Å². The van der Waals surface area contributed by atoms with Gasteiger partial charge in [0.25, 0.3) is 0 Å². The Hall–Kier alpha value is -1.76. The number of anilines is 1. The van der Waals surface area contributed by atoms with E-state index in [1.165, 1.54) is 6.07 Å². The van der Waals surface area contributed by atoms with Crippen LogP contribution in [0.5, 0.6) is 0 Å². The molecule has 0 fully saturated rings. The number of carbonyl (C=O) groups is 1. The second-order valence-electron chi connectivity index (χ2n) is 4.50. The lowest BCUT2D eigenvalue weighted by Gasteiger charge is -2.15. The third kappa shape index (κ3) is 4.41. The molecule has 0 bridgehead atoms. The predicted octanol–water partition coefficient (Wildman–Crippen LogP) is 3.10. The highest BCUT2D eigenvalue weighted by Crippen LogP contribution is 2.33. The summed E-state index contributed by atoms with van der Waals surface area (Å²) in [4.78, 5) is 10.8. The van der Waals surface area contributed by atoms with Crippen LogP contribution in [0.25, 0.3) is 0 Å². The highest BCUT2D eigenvalue weighted by molar-refractivity contribution is 5.90. The Morgan fingerprint density at radius 1 is 1.45 bits per heavy atom. The van der Waals surface area contributed by atoms with E-state index < -0.39 is 23.3 Å². The Morgan fingerprint density at radius 2 is 2.10 bits per heavy atom. The molecule has 0 saturated heterocycles. The van der Waals surface area contributed by atoms with E-state index in [-0.39, 0.29) is 11.6 Å². The van der Waals surface area contributed by atoms with Gasteiger partial charge in [0.15, 0.2) is 0 Å². The van der Waals surface area contributed by atoms with E-state index >= 15 is 0 Å². The zero-order valence-corrected chi connectivity index (χ0v) is 11.1. The van der Waals surface area contributed by atoms with Crippen molar-refractivity contribution in [1.29, 1.82) is 0 Å². The van der Waals surface area contributed by atoms with E-state index in [1.807, 2.05) is 6.92 Å². The number of methoxy groups -OCH3 is 1. The molecule has 0 heterocycles. The summed E-state index contributed by atoms with van der Waals surface area (Å²) < 4.78 is 43.3. The van der Waals surface area contributed by atoms with Crippen molar-refractivity contribution in [2.45, 2.75) is 13.1 Å². The summed E-state index contributed by atoms with van der Waals surface area (Å²) in [6.45, 7) is 2.79. The third-order valence-corrected chi connectivity index (χ3v) is 2.66. The standard InChI is InChI=1S/C13H16F3NO3/c1-8(7-20-2)6-17-9-3-4-10(12(18)19)11(5-9)13(14,15)16/h3-5,8,17H,6-7H2,1-2H3,(H,18,19). The minimum Gasteiger partial charge on any atom is -0.478 e. The van der Waals surface area contributed by atoms with Crippen LogP contribution in [0.4, 0.5) is 18.9 Å². The average Bonchev–Trinajstić information content (AvgIpc) is 2.35. The van der Waals surface area contributed by atoms with Gasteiger partial charge in [-0.25, -0.2) is 4.79 Å². The third-order valence-electron chi connectivity index (χ3n) is 2.66. The number of rotatable bonds is 6. The molecule has 0 saturated carbocycles. The Balaban J connectivity index is 2.93. The summed E-state index contributed by atoms with van der Waals surface area (Å²) in [6, 6.07) is 3.08. The highest BCUT2D eigenvalue weighted by atomic mass is 19.4. The zero-order chi connectivity index (χ0) is 15.3. The minimum absolute atomic E-state index is 0.119. The largest absolute Gasteiger partial charge is 0.478 e. The van der Waals surface area contributed by atoms with Gasteiger partial charge in [0, 0.05) is 19.3 Å². The van der Waals surface area contributed by atoms with Crippen LogP contribution in [0, 0.1) is 5.92 Å². The molecular formula is C13H16F3NO3. The Morgan fingerprint density at radius 3 is 2.60 bits per heavy atom. The molecule has 1 rings (SSSR count). The van der Waals surface area contributed by atoms with Crippen molar-refractivity contribution in [1.82, 2.24) is 0 Å². The van der Waals surface area contributed by atoms with Gasteiger partial charge in [0.05, 0.1) is 17.7 Å². The fourth-order valence-electron chi connectivity index (χ4n) is 1.71. The molecule has 2 N–H and O–H groups in total. The fourth-order valence-corrected chi connectivity index (χ4v) is 1.71. The smallest absolute Gasteiger partial charge is 0.417 e. The van der Waals surface area contributed by atoms with Crippen LogP contribution in [0.15, 0.2) is 18.2 Å².